The van der Waals surface area contributed by atoms with E-state index in [0.29, 0.717) is 24.5 Å². The number of nitriles is 1. The Morgan fingerprint density at radius 2 is 2.00 bits per heavy atom. The minimum absolute atomic E-state index is 0.0200. The zero-order valence-electron chi connectivity index (χ0n) is 17.5. The minimum Gasteiger partial charge on any atom is -0.334 e. The summed E-state index contributed by atoms with van der Waals surface area (Å²) < 4.78 is 16.1. The Hall–Kier alpha value is -2.72. The van der Waals surface area contributed by atoms with Crippen LogP contribution in [0.5, 0.6) is 0 Å². The van der Waals surface area contributed by atoms with Crippen LogP contribution >= 0.6 is 0 Å². The topological polar surface area (TPSA) is 71.2 Å². The van der Waals surface area contributed by atoms with Crippen LogP contribution in [0, 0.1) is 42.8 Å². The highest BCUT2D eigenvalue weighted by molar-refractivity contribution is 5.78. The monoisotopic (exact) mass is 410 g/mol. The average Bonchev–Trinajstić information content (AvgIpc) is 3.36. The van der Waals surface area contributed by atoms with Crippen molar-refractivity contribution in [2.24, 2.45) is 11.8 Å². The van der Waals surface area contributed by atoms with Crippen molar-refractivity contribution >= 4 is 5.91 Å². The maximum Gasteiger partial charge on any atom is 0.249 e. The lowest BCUT2D eigenvalue weighted by Gasteiger charge is -2.32. The lowest BCUT2D eigenvalue weighted by atomic mass is 9.81. The highest BCUT2D eigenvalue weighted by Gasteiger charge is 2.37. The highest BCUT2D eigenvalue weighted by Crippen LogP contribution is 2.37. The molecular weight excluding hydrogens is 383 g/mol. The first-order chi connectivity index (χ1) is 14.5. The summed E-state index contributed by atoms with van der Waals surface area (Å²) in [7, 11) is 0. The summed E-state index contributed by atoms with van der Waals surface area (Å²) in [4.78, 5) is 23.2. The molecule has 2 aromatic rings. The second kappa shape index (κ2) is 8.57. The molecule has 158 valence electrons. The van der Waals surface area contributed by atoms with Gasteiger partial charge in [-0.3, -0.25) is 9.63 Å². The van der Waals surface area contributed by atoms with Crippen molar-refractivity contribution in [2.45, 2.75) is 58.5 Å². The Bertz CT molecular complexity index is 972. The van der Waals surface area contributed by atoms with Crippen LogP contribution in [0.4, 0.5) is 4.39 Å². The van der Waals surface area contributed by atoms with Crippen LogP contribution in [0.2, 0.25) is 0 Å². The number of benzene rings is 1. The van der Waals surface area contributed by atoms with Gasteiger partial charge in [0, 0.05) is 24.6 Å². The molecule has 2 fully saturated rings. The number of imidazole rings is 1. The third-order valence-corrected chi connectivity index (χ3v) is 6.55. The van der Waals surface area contributed by atoms with Gasteiger partial charge in [-0.05, 0) is 69.2 Å². The summed E-state index contributed by atoms with van der Waals surface area (Å²) >= 11 is 0. The van der Waals surface area contributed by atoms with E-state index in [-0.39, 0.29) is 23.4 Å². The zero-order valence-corrected chi connectivity index (χ0v) is 17.5. The molecule has 2 aliphatic rings. The SMILES string of the molecule is Cc1ncn(CC2CCC(C(=O)N3OCC[C@H]3c3cc(F)cc(C#N)c3)CC2)c1C. The molecular formula is C23H27FN4O2. The first-order valence-corrected chi connectivity index (χ1v) is 10.6. The lowest BCUT2D eigenvalue weighted by molar-refractivity contribution is -0.183. The number of hydrogen-bond acceptors (Lipinski definition) is 4. The van der Waals surface area contributed by atoms with E-state index in [1.807, 2.05) is 19.3 Å². The van der Waals surface area contributed by atoms with Gasteiger partial charge in [-0.1, -0.05) is 0 Å². The molecule has 1 aliphatic carbocycles. The molecule has 0 spiro atoms. The molecule has 1 saturated carbocycles. The van der Waals surface area contributed by atoms with Crippen molar-refractivity contribution in [3.8, 4) is 6.07 Å². The first-order valence-electron chi connectivity index (χ1n) is 10.6. The maximum atomic E-state index is 13.9. The molecule has 4 rings (SSSR count). The quantitative estimate of drug-likeness (QED) is 0.757. The molecule has 0 N–H and O–H groups in total. The second-order valence-corrected chi connectivity index (χ2v) is 8.47. The number of hydrogen-bond donors (Lipinski definition) is 0. The van der Waals surface area contributed by atoms with Crippen molar-refractivity contribution in [3.05, 3.63) is 52.9 Å². The van der Waals surface area contributed by atoms with Crippen molar-refractivity contribution in [1.29, 1.82) is 5.26 Å². The molecule has 1 amide bonds. The van der Waals surface area contributed by atoms with Gasteiger partial charge in [0.15, 0.2) is 0 Å². The number of nitrogens with zero attached hydrogens (tertiary/aromatic N) is 4. The maximum absolute atomic E-state index is 13.9. The standard InChI is InChI=1S/C23H27FN4O2/c1-15-16(2)27(14-26-15)13-17-3-5-19(6-4-17)23(29)28-22(7-8-30-28)20-9-18(12-25)10-21(24)11-20/h9-11,14,17,19,22H,3-8,13H2,1-2H3/t17?,19?,22-/m0/s1. The molecule has 1 aromatic heterocycles. The summed E-state index contributed by atoms with van der Waals surface area (Å²) in [6.45, 7) is 5.47. The number of halogens is 1. The van der Waals surface area contributed by atoms with Crippen LogP contribution in [-0.2, 0) is 16.2 Å². The van der Waals surface area contributed by atoms with Gasteiger partial charge in [0.1, 0.15) is 5.82 Å². The number of carbonyl (C=O) groups excluding carboxylic acids is 1. The molecule has 1 aliphatic heterocycles. The Balaban J connectivity index is 1.39. The smallest absolute Gasteiger partial charge is 0.249 e. The molecule has 0 radical (unpaired) electrons. The van der Waals surface area contributed by atoms with E-state index in [0.717, 1.165) is 37.9 Å². The number of amides is 1. The Morgan fingerprint density at radius 1 is 1.23 bits per heavy atom. The Kier molecular flexibility index (Phi) is 5.87. The molecule has 1 atom stereocenters. The molecule has 7 heteroatoms. The number of hydroxylamine groups is 2. The fourth-order valence-corrected chi connectivity index (χ4v) is 4.64. The van der Waals surface area contributed by atoms with E-state index in [1.165, 1.54) is 22.9 Å². The third-order valence-electron chi connectivity index (χ3n) is 6.55. The molecule has 30 heavy (non-hydrogen) atoms. The number of carbonyl (C=O) groups is 1. The summed E-state index contributed by atoms with van der Waals surface area (Å²) in [6, 6.07) is 5.89. The van der Waals surface area contributed by atoms with Crippen molar-refractivity contribution in [2.75, 3.05) is 6.61 Å². The number of aryl methyl sites for hydroxylation is 1. The zero-order chi connectivity index (χ0) is 21.3. The Morgan fingerprint density at radius 3 is 2.67 bits per heavy atom. The van der Waals surface area contributed by atoms with E-state index in [2.05, 4.69) is 16.5 Å². The summed E-state index contributed by atoms with van der Waals surface area (Å²) in [6.07, 6.45) is 6.15. The van der Waals surface area contributed by atoms with Crippen molar-refractivity contribution < 1.29 is 14.0 Å². The fourth-order valence-electron chi connectivity index (χ4n) is 4.64. The van der Waals surface area contributed by atoms with Crippen LogP contribution < -0.4 is 0 Å². The normalized spacial score (nSPS) is 24.1. The lowest BCUT2D eigenvalue weighted by Crippen LogP contribution is -2.37. The molecule has 1 saturated heterocycles. The van der Waals surface area contributed by atoms with Gasteiger partial charge in [-0.15, -0.1) is 0 Å². The van der Waals surface area contributed by atoms with E-state index in [9.17, 15) is 9.18 Å². The molecule has 1 aromatic carbocycles. The largest absolute Gasteiger partial charge is 0.334 e. The first kappa shape index (κ1) is 20.5. The van der Waals surface area contributed by atoms with Crippen LogP contribution in [0.15, 0.2) is 24.5 Å². The van der Waals surface area contributed by atoms with E-state index in [4.69, 9.17) is 10.1 Å². The summed E-state index contributed by atoms with van der Waals surface area (Å²) in [5.74, 6) is -0.0169. The fraction of sp³-hybridized carbons (Fsp3) is 0.522. The van der Waals surface area contributed by atoms with Crippen molar-refractivity contribution in [1.82, 2.24) is 14.6 Å². The predicted molar refractivity (Wildman–Crippen MR) is 108 cm³/mol. The minimum atomic E-state index is -0.464. The average molecular weight is 410 g/mol. The van der Waals surface area contributed by atoms with Crippen molar-refractivity contribution in [3.63, 3.8) is 0 Å². The van der Waals surface area contributed by atoms with E-state index in [1.54, 1.807) is 6.07 Å². The van der Waals surface area contributed by atoms with Crippen LogP contribution in [0.1, 0.15) is 60.7 Å². The Labute approximate surface area is 176 Å². The molecule has 2 heterocycles. The van der Waals surface area contributed by atoms with Gasteiger partial charge in [-0.25, -0.2) is 14.4 Å². The number of aromatic nitrogens is 2. The van der Waals surface area contributed by atoms with Crippen LogP contribution in [0.25, 0.3) is 0 Å². The van der Waals surface area contributed by atoms with Gasteiger partial charge in [0.25, 0.3) is 0 Å². The van der Waals surface area contributed by atoms with Crippen LogP contribution in [-0.4, -0.2) is 27.1 Å². The second-order valence-electron chi connectivity index (χ2n) is 8.47. The van der Waals surface area contributed by atoms with Gasteiger partial charge in [-0.2, -0.15) is 5.26 Å². The van der Waals surface area contributed by atoms with Crippen LogP contribution in [0.3, 0.4) is 0 Å². The summed E-state index contributed by atoms with van der Waals surface area (Å²) in [5, 5.41) is 10.6. The molecule has 0 unspecified atom stereocenters. The molecule has 6 nitrogen and oxygen atoms in total. The van der Waals surface area contributed by atoms with E-state index >= 15 is 0 Å². The number of rotatable bonds is 4. The van der Waals surface area contributed by atoms with E-state index < -0.39 is 5.82 Å². The molecule has 0 bridgehead atoms. The predicted octanol–water partition coefficient (Wildman–Crippen LogP) is 4.22. The van der Waals surface area contributed by atoms with Gasteiger partial charge in [0.05, 0.1) is 36.3 Å². The van der Waals surface area contributed by atoms with Gasteiger partial charge < -0.3 is 4.57 Å². The third kappa shape index (κ3) is 4.10. The van der Waals surface area contributed by atoms with Gasteiger partial charge >= 0.3 is 0 Å². The highest BCUT2D eigenvalue weighted by atomic mass is 19.1. The van der Waals surface area contributed by atoms with Gasteiger partial charge in [0.2, 0.25) is 5.91 Å². The summed E-state index contributed by atoms with van der Waals surface area (Å²) in [5.41, 5.74) is 3.15.